The number of benzene rings is 1. The van der Waals surface area contributed by atoms with Crippen molar-refractivity contribution in [3.63, 3.8) is 0 Å². The molecule has 0 saturated carbocycles. The number of aryl methyl sites for hydroxylation is 1. The van der Waals surface area contributed by atoms with Crippen molar-refractivity contribution < 1.29 is 4.79 Å². The van der Waals surface area contributed by atoms with E-state index in [0.29, 0.717) is 0 Å². The highest BCUT2D eigenvalue weighted by molar-refractivity contribution is 5.94. The summed E-state index contributed by atoms with van der Waals surface area (Å²) in [7, 11) is 0. The van der Waals surface area contributed by atoms with Gasteiger partial charge in [-0.05, 0) is 37.1 Å². The molecular formula is C12H13N2O. The van der Waals surface area contributed by atoms with Gasteiger partial charge in [-0.25, -0.2) is 4.79 Å². The van der Waals surface area contributed by atoms with E-state index >= 15 is 0 Å². The van der Waals surface area contributed by atoms with E-state index in [-0.39, 0.29) is 0 Å². The minimum atomic E-state index is -0.427. The van der Waals surface area contributed by atoms with Crippen LogP contribution in [-0.2, 0) is 6.42 Å². The van der Waals surface area contributed by atoms with E-state index < -0.39 is 6.03 Å². The second kappa shape index (κ2) is 3.42. The summed E-state index contributed by atoms with van der Waals surface area (Å²) in [5.74, 6) is 0. The normalized spacial score (nSPS) is 10.8. The average molecular weight is 201 g/mol. The van der Waals surface area contributed by atoms with E-state index in [1.54, 1.807) is 10.6 Å². The monoisotopic (exact) mass is 201 g/mol. The summed E-state index contributed by atoms with van der Waals surface area (Å²) in [5, 5.41) is 1.07. The predicted octanol–water partition coefficient (Wildman–Crippen LogP) is 2.24. The molecule has 1 amide bonds. The first kappa shape index (κ1) is 9.77. The summed E-state index contributed by atoms with van der Waals surface area (Å²) in [6.45, 7) is 3.99. The molecule has 2 rings (SSSR count). The molecule has 2 N–H and O–H groups in total. The number of nitrogens with two attached hydrogens (primary N) is 1. The molecule has 1 heterocycles. The van der Waals surface area contributed by atoms with Crippen molar-refractivity contribution in [2.24, 2.45) is 5.73 Å². The summed E-state index contributed by atoms with van der Waals surface area (Å²) in [5.41, 5.74) is 8.33. The third-order valence-electron chi connectivity index (χ3n) is 2.75. The molecule has 0 fully saturated rings. The Balaban J connectivity index is 2.91. The second-order valence-corrected chi connectivity index (χ2v) is 3.53. The Morgan fingerprint density at radius 3 is 2.93 bits per heavy atom. The van der Waals surface area contributed by atoms with Crippen LogP contribution in [0.15, 0.2) is 18.2 Å². The second-order valence-electron chi connectivity index (χ2n) is 3.53. The van der Waals surface area contributed by atoms with E-state index in [1.165, 1.54) is 5.56 Å². The summed E-state index contributed by atoms with van der Waals surface area (Å²) >= 11 is 0. The quantitative estimate of drug-likeness (QED) is 0.755. The van der Waals surface area contributed by atoms with Gasteiger partial charge < -0.3 is 5.73 Å². The van der Waals surface area contributed by atoms with Gasteiger partial charge in [-0.3, -0.25) is 4.57 Å². The van der Waals surface area contributed by atoms with E-state index in [4.69, 9.17) is 5.73 Å². The number of rotatable bonds is 1. The molecule has 15 heavy (non-hydrogen) atoms. The Morgan fingerprint density at radius 2 is 2.33 bits per heavy atom. The average Bonchev–Trinajstić information content (AvgIpc) is 2.49. The van der Waals surface area contributed by atoms with Crippen molar-refractivity contribution >= 4 is 16.9 Å². The topological polar surface area (TPSA) is 48.0 Å². The third-order valence-corrected chi connectivity index (χ3v) is 2.75. The summed E-state index contributed by atoms with van der Waals surface area (Å²) in [4.78, 5) is 11.3. The molecule has 0 saturated heterocycles. The molecule has 1 aromatic carbocycles. The fourth-order valence-electron chi connectivity index (χ4n) is 2.10. The van der Waals surface area contributed by atoms with Crippen LogP contribution >= 0.6 is 0 Å². The van der Waals surface area contributed by atoms with Crippen LogP contribution in [0.25, 0.3) is 10.9 Å². The molecule has 0 aliphatic heterocycles. The van der Waals surface area contributed by atoms with Crippen LogP contribution in [0.4, 0.5) is 4.79 Å². The number of carbonyl (C=O) groups is 1. The highest BCUT2D eigenvalue weighted by atomic mass is 16.2. The first-order valence-electron chi connectivity index (χ1n) is 4.96. The van der Waals surface area contributed by atoms with Crippen LogP contribution in [0.1, 0.15) is 18.2 Å². The van der Waals surface area contributed by atoms with Crippen molar-refractivity contribution in [2.75, 3.05) is 0 Å². The Hall–Kier alpha value is -1.77. The maximum atomic E-state index is 11.3. The van der Waals surface area contributed by atoms with Gasteiger partial charge in [0.1, 0.15) is 0 Å². The molecule has 2 aromatic rings. The van der Waals surface area contributed by atoms with Gasteiger partial charge in [0.2, 0.25) is 0 Å². The summed E-state index contributed by atoms with van der Waals surface area (Å²) in [6.07, 6.45) is 0.889. The number of carbonyl (C=O) groups excluding carboxylic acids is 1. The smallest absolute Gasteiger partial charge is 0.323 e. The molecule has 1 aromatic heterocycles. The number of hydrogen-bond acceptors (Lipinski definition) is 1. The van der Waals surface area contributed by atoms with Crippen LogP contribution in [0, 0.1) is 13.0 Å². The Kier molecular flexibility index (Phi) is 2.23. The minimum absolute atomic E-state index is 0.427. The zero-order chi connectivity index (χ0) is 11.0. The number of fused-ring (bicyclic) bond motifs is 1. The Morgan fingerprint density at radius 1 is 1.60 bits per heavy atom. The predicted molar refractivity (Wildman–Crippen MR) is 59.9 cm³/mol. The molecule has 0 bridgehead atoms. The van der Waals surface area contributed by atoms with Gasteiger partial charge >= 0.3 is 6.03 Å². The lowest BCUT2D eigenvalue weighted by atomic mass is 10.1. The fraction of sp³-hybridized carbons (Fsp3) is 0.250. The van der Waals surface area contributed by atoms with Gasteiger partial charge in [0.25, 0.3) is 0 Å². The minimum Gasteiger partial charge on any atom is -0.351 e. The number of primary amides is 1. The van der Waals surface area contributed by atoms with Crippen LogP contribution < -0.4 is 5.73 Å². The molecule has 0 unspecified atom stereocenters. The van der Waals surface area contributed by atoms with Crippen LogP contribution in [-0.4, -0.2) is 10.6 Å². The highest BCUT2D eigenvalue weighted by Crippen LogP contribution is 2.25. The molecule has 1 radical (unpaired) electrons. The van der Waals surface area contributed by atoms with Gasteiger partial charge in [0, 0.05) is 11.1 Å². The van der Waals surface area contributed by atoms with Crippen molar-refractivity contribution in [1.82, 2.24) is 4.57 Å². The maximum Gasteiger partial charge on any atom is 0.323 e. The van der Waals surface area contributed by atoms with E-state index in [1.807, 2.05) is 19.1 Å². The zero-order valence-electron chi connectivity index (χ0n) is 8.87. The molecule has 0 atom stereocenters. The number of hydrogen-bond donors (Lipinski definition) is 1. The molecule has 0 spiro atoms. The molecular weight excluding hydrogens is 188 g/mol. The molecule has 0 aliphatic rings. The molecule has 0 aliphatic carbocycles. The van der Waals surface area contributed by atoms with E-state index in [9.17, 15) is 4.79 Å². The summed E-state index contributed by atoms with van der Waals surface area (Å²) < 4.78 is 1.56. The SMILES string of the molecule is CCc1c(C)n(C(N)=O)c2cc[c]cc12. The van der Waals surface area contributed by atoms with Gasteiger partial charge in [0.15, 0.2) is 0 Å². The van der Waals surface area contributed by atoms with Crippen molar-refractivity contribution in [3.8, 4) is 0 Å². The lowest BCUT2D eigenvalue weighted by Crippen LogP contribution is -2.20. The first-order valence-corrected chi connectivity index (χ1v) is 4.96. The number of amides is 1. The Labute approximate surface area is 88.5 Å². The largest absolute Gasteiger partial charge is 0.351 e. The maximum absolute atomic E-state index is 11.3. The first-order chi connectivity index (χ1) is 7.16. The van der Waals surface area contributed by atoms with Crippen LogP contribution in [0.3, 0.4) is 0 Å². The number of aromatic nitrogens is 1. The highest BCUT2D eigenvalue weighted by Gasteiger charge is 2.14. The fourth-order valence-corrected chi connectivity index (χ4v) is 2.10. The Bertz CT molecular complexity index is 526. The third kappa shape index (κ3) is 1.31. The van der Waals surface area contributed by atoms with Gasteiger partial charge in [-0.1, -0.05) is 13.0 Å². The lowest BCUT2D eigenvalue weighted by Gasteiger charge is -2.01. The van der Waals surface area contributed by atoms with Gasteiger partial charge in [-0.2, -0.15) is 0 Å². The van der Waals surface area contributed by atoms with E-state index in [0.717, 1.165) is 23.0 Å². The lowest BCUT2D eigenvalue weighted by molar-refractivity contribution is 0.251. The van der Waals surface area contributed by atoms with Crippen molar-refractivity contribution in [1.29, 1.82) is 0 Å². The number of nitrogens with zero attached hydrogens (tertiary/aromatic N) is 1. The van der Waals surface area contributed by atoms with Crippen LogP contribution in [0.2, 0.25) is 0 Å². The van der Waals surface area contributed by atoms with Crippen molar-refractivity contribution in [2.45, 2.75) is 20.3 Å². The zero-order valence-corrected chi connectivity index (χ0v) is 8.87. The van der Waals surface area contributed by atoms with E-state index in [2.05, 4.69) is 13.0 Å². The molecule has 77 valence electrons. The van der Waals surface area contributed by atoms with Gasteiger partial charge in [-0.15, -0.1) is 0 Å². The summed E-state index contributed by atoms with van der Waals surface area (Å²) in [6, 6.07) is 8.16. The van der Waals surface area contributed by atoms with Crippen LogP contribution in [0.5, 0.6) is 0 Å². The van der Waals surface area contributed by atoms with Crippen molar-refractivity contribution in [3.05, 3.63) is 35.5 Å². The van der Waals surface area contributed by atoms with Gasteiger partial charge in [0.05, 0.1) is 5.52 Å². The molecule has 3 heteroatoms. The molecule has 3 nitrogen and oxygen atoms in total. The standard InChI is InChI=1S/C12H13N2O/c1-3-9-8(2)14(12(13)15)11-7-5-4-6-10(9)11/h5-7H,3H2,1-2H3,(H2,13,15).